The van der Waals surface area contributed by atoms with Crippen LogP contribution in [0.5, 0.6) is 0 Å². The molecule has 0 spiro atoms. The number of amides is 1. The molecule has 0 N–H and O–H groups in total. The van der Waals surface area contributed by atoms with Crippen molar-refractivity contribution >= 4 is 5.91 Å². The Morgan fingerprint density at radius 1 is 1.12 bits per heavy atom. The fourth-order valence-corrected chi connectivity index (χ4v) is 5.82. The highest BCUT2D eigenvalue weighted by atomic mass is 16.2. The van der Waals surface area contributed by atoms with E-state index in [1.54, 1.807) is 6.92 Å². The number of carbonyl (C=O) groups is 1. The molecule has 0 radical (unpaired) electrons. The lowest BCUT2D eigenvalue weighted by Gasteiger charge is -2.40. The second-order valence-electron chi connectivity index (χ2n) is 8.98. The van der Waals surface area contributed by atoms with E-state index in [-0.39, 0.29) is 5.91 Å². The van der Waals surface area contributed by atoms with Crippen LogP contribution in [0.15, 0.2) is 24.3 Å². The van der Waals surface area contributed by atoms with Gasteiger partial charge in [-0.3, -0.25) is 4.79 Å². The predicted octanol–water partition coefficient (Wildman–Crippen LogP) is 4.21. The monoisotopic (exact) mass is 354 g/mol. The van der Waals surface area contributed by atoms with E-state index in [9.17, 15) is 4.79 Å². The lowest BCUT2D eigenvalue weighted by molar-refractivity contribution is -0.130. The molecule has 3 nitrogen and oxygen atoms in total. The van der Waals surface area contributed by atoms with E-state index < -0.39 is 0 Å². The summed E-state index contributed by atoms with van der Waals surface area (Å²) in [6.45, 7) is 8.46. The van der Waals surface area contributed by atoms with E-state index in [1.807, 2.05) is 0 Å². The summed E-state index contributed by atoms with van der Waals surface area (Å²) >= 11 is 0. The van der Waals surface area contributed by atoms with Crippen LogP contribution < -0.4 is 0 Å². The Bertz CT molecular complexity index is 637. The van der Waals surface area contributed by atoms with Crippen LogP contribution in [0, 0.1) is 18.8 Å². The van der Waals surface area contributed by atoms with Gasteiger partial charge in [0.05, 0.1) is 0 Å². The highest BCUT2D eigenvalue weighted by molar-refractivity contribution is 5.74. The number of hydrogen-bond donors (Lipinski definition) is 0. The molecule has 0 aromatic heterocycles. The molecule has 1 aromatic rings. The van der Waals surface area contributed by atoms with Crippen LogP contribution in [0.3, 0.4) is 0 Å². The quantitative estimate of drug-likeness (QED) is 0.812. The fraction of sp³-hybridized carbons (Fsp3) is 0.696. The zero-order valence-corrected chi connectivity index (χ0v) is 16.5. The molecule has 0 unspecified atom stereocenters. The van der Waals surface area contributed by atoms with Gasteiger partial charge in [-0.15, -0.1) is 0 Å². The van der Waals surface area contributed by atoms with Crippen molar-refractivity contribution in [1.29, 1.82) is 0 Å². The van der Waals surface area contributed by atoms with E-state index >= 15 is 0 Å². The maximum absolute atomic E-state index is 12.3. The molecule has 4 rings (SSSR count). The van der Waals surface area contributed by atoms with Crippen molar-refractivity contribution in [2.75, 3.05) is 26.2 Å². The average molecular weight is 355 g/mol. The third-order valence-electron chi connectivity index (χ3n) is 7.13. The molecule has 142 valence electrons. The van der Waals surface area contributed by atoms with Gasteiger partial charge < -0.3 is 9.80 Å². The SMILES string of the molecule is CC(=O)N1C[C@@H](c2cccc(C)c2)[C@@H]2CN(CC3CCCCC3)CC[C@@H]21. The molecule has 1 aliphatic carbocycles. The maximum atomic E-state index is 12.3. The van der Waals surface area contributed by atoms with Crippen molar-refractivity contribution in [3.05, 3.63) is 35.4 Å². The van der Waals surface area contributed by atoms with Crippen LogP contribution in [0.25, 0.3) is 0 Å². The van der Waals surface area contributed by atoms with Gasteiger partial charge in [0.15, 0.2) is 0 Å². The van der Waals surface area contributed by atoms with E-state index in [0.29, 0.717) is 17.9 Å². The summed E-state index contributed by atoms with van der Waals surface area (Å²) in [5, 5.41) is 0. The molecule has 1 aromatic carbocycles. The molecule has 1 amide bonds. The first-order valence-electron chi connectivity index (χ1n) is 10.7. The van der Waals surface area contributed by atoms with Gasteiger partial charge in [-0.1, -0.05) is 49.1 Å². The minimum atomic E-state index is 0.260. The Balaban J connectivity index is 1.51. The van der Waals surface area contributed by atoms with Gasteiger partial charge in [-0.05, 0) is 37.7 Å². The van der Waals surface area contributed by atoms with Gasteiger partial charge in [0, 0.05) is 51.0 Å². The number of piperidine rings is 1. The molecule has 2 aliphatic heterocycles. The van der Waals surface area contributed by atoms with Crippen LogP contribution >= 0.6 is 0 Å². The number of aryl methyl sites for hydroxylation is 1. The Labute approximate surface area is 158 Å². The normalized spacial score (nSPS) is 30.4. The smallest absolute Gasteiger partial charge is 0.219 e. The minimum absolute atomic E-state index is 0.260. The summed E-state index contributed by atoms with van der Waals surface area (Å²) in [6.07, 6.45) is 8.28. The first-order valence-corrected chi connectivity index (χ1v) is 10.7. The van der Waals surface area contributed by atoms with Crippen LogP contribution in [-0.4, -0.2) is 47.9 Å². The number of benzene rings is 1. The van der Waals surface area contributed by atoms with Crippen LogP contribution in [0.2, 0.25) is 0 Å². The van der Waals surface area contributed by atoms with Gasteiger partial charge in [0.2, 0.25) is 5.91 Å². The Hall–Kier alpha value is -1.35. The highest BCUT2D eigenvalue weighted by Gasteiger charge is 2.46. The molecule has 3 fully saturated rings. The van der Waals surface area contributed by atoms with Gasteiger partial charge in [0.1, 0.15) is 0 Å². The Morgan fingerprint density at radius 2 is 1.92 bits per heavy atom. The van der Waals surface area contributed by atoms with Crippen molar-refractivity contribution in [3.63, 3.8) is 0 Å². The van der Waals surface area contributed by atoms with E-state index in [2.05, 4.69) is 41.0 Å². The molecule has 2 saturated heterocycles. The zero-order valence-electron chi connectivity index (χ0n) is 16.5. The third-order valence-corrected chi connectivity index (χ3v) is 7.13. The van der Waals surface area contributed by atoms with Crippen LogP contribution in [0.1, 0.15) is 62.5 Å². The highest BCUT2D eigenvalue weighted by Crippen LogP contribution is 2.42. The first kappa shape index (κ1) is 18.0. The van der Waals surface area contributed by atoms with E-state index in [1.165, 1.54) is 62.9 Å². The molecule has 3 atom stereocenters. The molecular weight excluding hydrogens is 320 g/mol. The topological polar surface area (TPSA) is 23.6 Å². The van der Waals surface area contributed by atoms with Gasteiger partial charge in [-0.25, -0.2) is 0 Å². The van der Waals surface area contributed by atoms with Crippen molar-refractivity contribution in [1.82, 2.24) is 9.80 Å². The summed E-state index contributed by atoms with van der Waals surface area (Å²) < 4.78 is 0. The number of hydrogen-bond acceptors (Lipinski definition) is 2. The second-order valence-corrected chi connectivity index (χ2v) is 8.98. The number of likely N-dealkylation sites (tertiary alicyclic amines) is 2. The lowest BCUT2D eigenvalue weighted by atomic mass is 9.80. The molecular formula is C23H34N2O. The fourth-order valence-electron chi connectivity index (χ4n) is 5.82. The van der Waals surface area contributed by atoms with Gasteiger partial charge >= 0.3 is 0 Å². The summed E-state index contributed by atoms with van der Waals surface area (Å²) in [7, 11) is 0. The number of nitrogens with zero attached hydrogens (tertiary/aromatic N) is 2. The summed E-state index contributed by atoms with van der Waals surface area (Å²) in [5.74, 6) is 2.26. The Morgan fingerprint density at radius 3 is 2.65 bits per heavy atom. The largest absolute Gasteiger partial charge is 0.339 e. The van der Waals surface area contributed by atoms with E-state index in [4.69, 9.17) is 0 Å². The van der Waals surface area contributed by atoms with Crippen LogP contribution in [0.4, 0.5) is 0 Å². The molecule has 3 aliphatic rings. The van der Waals surface area contributed by atoms with Gasteiger partial charge in [-0.2, -0.15) is 0 Å². The third kappa shape index (κ3) is 3.69. The predicted molar refractivity (Wildman–Crippen MR) is 106 cm³/mol. The number of rotatable bonds is 3. The first-order chi connectivity index (χ1) is 12.6. The molecule has 0 bridgehead atoms. The van der Waals surface area contributed by atoms with Crippen molar-refractivity contribution in [2.24, 2.45) is 11.8 Å². The molecule has 1 saturated carbocycles. The van der Waals surface area contributed by atoms with E-state index in [0.717, 1.165) is 18.9 Å². The molecule has 2 heterocycles. The Kier molecular flexibility index (Phi) is 5.35. The summed E-state index contributed by atoms with van der Waals surface area (Å²) in [6, 6.07) is 9.41. The van der Waals surface area contributed by atoms with Crippen molar-refractivity contribution < 1.29 is 4.79 Å². The maximum Gasteiger partial charge on any atom is 0.219 e. The molecule has 3 heteroatoms. The average Bonchev–Trinajstić information content (AvgIpc) is 3.02. The number of carbonyl (C=O) groups excluding carboxylic acids is 1. The van der Waals surface area contributed by atoms with Crippen LogP contribution in [-0.2, 0) is 4.79 Å². The molecule has 26 heavy (non-hydrogen) atoms. The standard InChI is InChI=1S/C23H34N2O/c1-17-7-6-10-20(13-17)21-16-25(18(2)26)23-11-12-24(15-22(21)23)14-19-8-4-3-5-9-19/h6-7,10,13,19,21-23H,3-5,8-9,11-12,14-16H2,1-2H3/t21-,22-,23-/m0/s1. The lowest BCUT2D eigenvalue weighted by Crippen LogP contribution is -2.48. The minimum Gasteiger partial charge on any atom is -0.339 e. The number of fused-ring (bicyclic) bond motifs is 1. The summed E-state index contributed by atoms with van der Waals surface area (Å²) in [5.41, 5.74) is 2.76. The zero-order chi connectivity index (χ0) is 18.1. The summed E-state index contributed by atoms with van der Waals surface area (Å²) in [4.78, 5) is 17.2. The van der Waals surface area contributed by atoms with Crippen molar-refractivity contribution in [2.45, 2.75) is 64.3 Å². The van der Waals surface area contributed by atoms with Gasteiger partial charge in [0.25, 0.3) is 0 Å². The second kappa shape index (κ2) is 7.72. The van der Waals surface area contributed by atoms with Crippen molar-refractivity contribution in [3.8, 4) is 0 Å².